The van der Waals surface area contributed by atoms with Gasteiger partial charge in [-0.15, -0.1) is 0 Å². The fourth-order valence-corrected chi connectivity index (χ4v) is 3.16. The van der Waals surface area contributed by atoms with Crippen molar-refractivity contribution >= 4 is 38.8 Å². The summed E-state index contributed by atoms with van der Waals surface area (Å²) in [5, 5.41) is 0.493. The quantitative estimate of drug-likeness (QED) is 0.845. The van der Waals surface area contributed by atoms with E-state index in [1.807, 2.05) is 0 Å². The van der Waals surface area contributed by atoms with Gasteiger partial charge in [-0.1, -0.05) is 23.8 Å². The van der Waals surface area contributed by atoms with Crippen molar-refractivity contribution in [3.05, 3.63) is 29.3 Å². The second-order valence-corrected chi connectivity index (χ2v) is 6.95. The van der Waals surface area contributed by atoms with Crippen LogP contribution in [0.4, 0.5) is 0 Å². The van der Waals surface area contributed by atoms with Crippen LogP contribution in [0.2, 0.25) is 5.02 Å². The smallest absolute Gasteiger partial charge is 0.243 e. The minimum Gasteiger partial charge on any atom is -0.393 e. The summed E-state index contributed by atoms with van der Waals surface area (Å²) in [5.74, 6) is 0. The molecule has 0 aromatic heterocycles. The number of benzene rings is 1. The molecule has 2 N–H and O–H groups in total. The Morgan fingerprint density at radius 2 is 1.94 bits per heavy atom. The second-order valence-electron chi connectivity index (χ2n) is 3.99. The molecule has 0 heterocycles. The maximum absolute atomic E-state index is 12.3. The zero-order valence-corrected chi connectivity index (χ0v) is 12.5. The number of nitrogens with zero attached hydrogens (tertiary/aromatic N) is 1. The lowest BCUT2D eigenvalue weighted by Crippen LogP contribution is -2.37. The predicted molar refractivity (Wildman–Crippen MR) is 77.3 cm³/mol. The molecule has 1 atom stereocenters. The first-order valence-corrected chi connectivity index (χ1v) is 7.49. The van der Waals surface area contributed by atoms with Gasteiger partial charge in [-0.25, -0.2) is 8.42 Å². The van der Waals surface area contributed by atoms with Crippen LogP contribution in [-0.4, -0.2) is 30.8 Å². The highest BCUT2D eigenvalue weighted by Gasteiger charge is 2.25. The van der Waals surface area contributed by atoms with Crippen molar-refractivity contribution in [3.63, 3.8) is 0 Å². The van der Waals surface area contributed by atoms with Crippen LogP contribution in [0.3, 0.4) is 0 Å². The van der Waals surface area contributed by atoms with Crippen LogP contribution in [0, 0.1) is 0 Å². The Hall–Kier alpha value is -0.690. The van der Waals surface area contributed by atoms with Crippen LogP contribution in [-0.2, 0) is 10.0 Å². The predicted octanol–water partition coefficient (Wildman–Crippen LogP) is 2.03. The summed E-state index contributed by atoms with van der Waals surface area (Å²) in [7, 11) is -2.03. The van der Waals surface area contributed by atoms with Crippen molar-refractivity contribution in [2.75, 3.05) is 7.05 Å². The molecule has 1 aromatic carbocycles. The molecule has 1 rings (SSSR count). The van der Waals surface area contributed by atoms with E-state index in [4.69, 9.17) is 29.6 Å². The average Bonchev–Trinajstić information content (AvgIpc) is 2.27. The summed E-state index contributed by atoms with van der Waals surface area (Å²) in [6.45, 7) is 1.76. The molecule has 0 fully saturated rings. The summed E-state index contributed by atoms with van der Waals surface area (Å²) in [5.41, 5.74) is 5.43. The lowest BCUT2D eigenvalue weighted by Gasteiger charge is -2.23. The zero-order chi connectivity index (χ0) is 13.9. The van der Waals surface area contributed by atoms with E-state index in [0.717, 1.165) is 0 Å². The summed E-state index contributed by atoms with van der Waals surface area (Å²) in [6.07, 6.45) is 0.346. The van der Waals surface area contributed by atoms with Gasteiger partial charge < -0.3 is 5.73 Å². The van der Waals surface area contributed by atoms with Gasteiger partial charge >= 0.3 is 0 Å². The number of thiocarbonyl (C=S) groups is 1. The molecule has 1 aromatic rings. The van der Waals surface area contributed by atoms with Gasteiger partial charge in [-0.2, -0.15) is 4.31 Å². The van der Waals surface area contributed by atoms with Crippen LogP contribution < -0.4 is 5.73 Å². The Kier molecular flexibility index (Phi) is 5.10. The van der Waals surface area contributed by atoms with Gasteiger partial charge in [0.2, 0.25) is 10.0 Å². The molecule has 0 spiro atoms. The van der Waals surface area contributed by atoms with Gasteiger partial charge in [0.1, 0.15) is 0 Å². The van der Waals surface area contributed by atoms with Crippen LogP contribution in [0.15, 0.2) is 29.2 Å². The molecule has 0 saturated heterocycles. The first kappa shape index (κ1) is 15.4. The lowest BCUT2D eigenvalue weighted by atomic mass is 10.2. The molecular weight excluding hydrogens is 292 g/mol. The van der Waals surface area contributed by atoms with Gasteiger partial charge in [0, 0.05) is 24.5 Å². The van der Waals surface area contributed by atoms with E-state index in [2.05, 4.69) is 0 Å². The fourth-order valence-electron chi connectivity index (χ4n) is 1.43. The van der Waals surface area contributed by atoms with Gasteiger partial charge in [0.05, 0.1) is 9.88 Å². The van der Waals surface area contributed by atoms with Crippen molar-refractivity contribution in [2.24, 2.45) is 5.73 Å². The van der Waals surface area contributed by atoms with Crippen LogP contribution in [0.1, 0.15) is 13.3 Å². The maximum atomic E-state index is 12.3. The molecule has 4 nitrogen and oxygen atoms in total. The molecular formula is C11H15ClN2O2S2. The molecule has 7 heteroatoms. The van der Waals surface area contributed by atoms with Gasteiger partial charge in [0.15, 0.2) is 0 Å². The minimum atomic E-state index is -3.54. The van der Waals surface area contributed by atoms with Crippen LogP contribution in [0.25, 0.3) is 0 Å². The van der Waals surface area contributed by atoms with E-state index in [9.17, 15) is 8.42 Å². The van der Waals surface area contributed by atoms with Crippen LogP contribution >= 0.6 is 23.8 Å². The standard InChI is InChI=1S/C11H15ClN2O2S2/c1-8(7-11(13)17)14(2)18(15,16)10-5-3-9(12)4-6-10/h3-6,8H,7H2,1-2H3,(H2,13,17). The molecule has 1 unspecified atom stereocenters. The SMILES string of the molecule is CC(CC(N)=S)N(C)S(=O)(=O)c1ccc(Cl)cc1. The molecule has 0 aliphatic carbocycles. The number of hydrogen-bond acceptors (Lipinski definition) is 3. The third kappa shape index (κ3) is 3.65. The van der Waals surface area contributed by atoms with E-state index in [1.165, 1.54) is 23.5 Å². The second kappa shape index (κ2) is 5.97. The Labute approximate surface area is 118 Å². The van der Waals surface area contributed by atoms with Gasteiger partial charge in [-0.3, -0.25) is 0 Å². The number of hydrogen-bond donors (Lipinski definition) is 1. The Bertz CT molecular complexity index is 528. The fraction of sp³-hybridized carbons (Fsp3) is 0.364. The van der Waals surface area contributed by atoms with Crippen molar-refractivity contribution in [2.45, 2.75) is 24.3 Å². The molecule has 0 bridgehead atoms. The Morgan fingerprint density at radius 3 is 2.39 bits per heavy atom. The van der Waals surface area contributed by atoms with Crippen molar-refractivity contribution in [1.29, 1.82) is 0 Å². The average molecular weight is 307 g/mol. The van der Waals surface area contributed by atoms with Gasteiger partial charge in [0.25, 0.3) is 0 Å². The third-order valence-corrected chi connectivity index (χ3v) is 5.01. The minimum absolute atomic E-state index is 0.198. The maximum Gasteiger partial charge on any atom is 0.243 e. The highest BCUT2D eigenvalue weighted by atomic mass is 35.5. The van der Waals surface area contributed by atoms with E-state index in [0.29, 0.717) is 16.4 Å². The lowest BCUT2D eigenvalue weighted by molar-refractivity contribution is 0.397. The highest BCUT2D eigenvalue weighted by Crippen LogP contribution is 2.19. The molecule has 0 saturated carbocycles. The monoisotopic (exact) mass is 306 g/mol. The molecule has 100 valence electrons. The van der Waals surface area contributed by atoms with E-state index >= 15 is 0 Å². The number of nitrogens with two attached hydrogens (primary N) is 1. The first-order chi connectivity index (χ1) is 8.25. The zero-order valence-electron chi connectivity index (χ0n) is 10.1. The highest BCUT2D eigenvalue weighted by molar-refractivity contribution is 7.89. The van der Waals surface area contributed by atoms with E-state index < -0.39 is 10.0 Å². The summed E-state index contributed by atoms with van der Waals surface area (Å²) >= 11 is 10.5. The first-order valence-electron chi connectivity index (χ1n) is 5.27. The number of halogens is 1. The Morgan fingerprint density at radius 1 is 1.44 bits per heavy atom. The molecule has 0 aliphatic rings. The topological polar surface area (TPSA) is 63.4 Å². The number of rotatable bonds is 5. The molecule has 0 aliphatic heterocycles. The molecule has 18 heavy (non-hydrogen) atoms. The molecule has 0 radical (unpaired) electrons. The van der Waals surface area contributed by atoms with Crippen molar-refractivity contribution < 1.29 is 8.42 Å². The van der Waals surface area contributed by atoms with E-state index in [-0.39, 0.29) is 10.9 Å². The van der Waals surface area contributed by atoms with Crippen molar-refractivity contribution in [1.82, 2.24) is 4.31 Å². The third-order valence-electron chi connectivity index (χ3n) is 2.61. The largest absolute Gasteiger partial charge is 0.393 e. The normalized spacial score (nSPS) is 13.6. The summed E-state index contributed by atoms with van der Waals surface area (Å²) < 4.78 is 25.8. The van der Waals surface area contributed by atoms with Gasteiger partial charge in [-0.05, 0) is 31.2 Å². The summed E-state index contributed by atoms with van der Waals surface area (Å²) in [4.78, 5) is 0.491. The summed E-state index contributed by atoms with van der Waals surface area (Å²) in [6, 6.07) is 5.74. The number of sulfonamides is 1. The van der Waals surface area contributed by atoms with E-state index in [1.54, 1.807) is 19.1 Å². The Balaban J connectivity index is 2.99. The van der Waals surface area contributed by atoms with Crippen LogP contribution in [0.5, 0.6) is 0 Å². The van der Waals surface area contributed by atoms with Crippen molar-refractivity contribution in [3.8, 4) is 0 Å². The molecule has 0 amide bonds.